The van der Waals surface area contributed by atoms with E-state index < -0.39 is 11.0 Å². The number of aromatic nitrogens is 1. The number of non-ortho nitro benzene ring substituents is 1. The lowest BCUT2D eigenvalue weighted by molar-refractivity contribution is -0.384. The van der Waals surface area contributed by atoms with Crippen LogP contribution in [0.5, 0.6) is 11.5 Å². The summed E-state index contributed by atoms with van der Waals surface area (Å²) in [6.07, 6.45) is 1.72. The highest BCUT2D eigenvalue weighted by Crippen LogP contribution is 2.45. The van der Waals surface area contributed by atoms with E-state index in [4.69, 9.17) is 42.4 Å². The summed E-state index contributed by atoms with van der Waals surface area (Å²) < 4.78 is 22.6. The van der Waals surface area contributed by atoms with E-state index >= 15 is 0 Å². The van der Waals surface area contributed by atoms with Crippen molar-refractivity contribution in [2.75, 3.05) is 32.3 Å². The van der Waals surface area contributed by atoms with Gasteiger partial charge < -0.3 is 28.8 Å². The Bertz CT molecular complexity index is 1530. The second-order valence-corrected chi connectivity index (χ2v) is 9.59. The fraction of sp³-hybridized carbons (Fsp3) is 0.214. The number of nitrogens with one attached hydrogen (secondary N) is 1. The third-order valence-corrected chi connectivity index (χ3v) is 7.03. The number of rotatable bonds is 10. The quantitative estimate of drug-likeness (QED) is 0.102. The molecule has 0 bridgehead atoms. The molecule has 1 fully saturated rings. The lowest BCUT2D eigenvalue weighted by Crippen LogP contribution is -2.29. The minimum absolute atomic E-state index is 0.0781. The summed E-state index contributed by atoms with van der Waals surface area (Å²) in [5.74, 6) is 1.93. The standard InChI is InChI=1S/C28H25ClN4O6S/c1-36-13-14-38-23-9-7-17(15-20(23)29)32-27(26(31-28(32)40)21-5-3-4-12-30-21)24-11-10-22(39-24)19-8-6-18(33(34)35)16-25(19)37-2/h3-12,15-16,26-27H,13-14H2,1-2H3,(H,31,40)/t26-,27-/m0/s1. The molecule has 1 saturated heterocycles. The molecule has 1 N–H and O–H groups in total. The van der Waals surface area contributed by atoms with Gasteiger partial charge in [-0.2, -0.15) is 0 Å². The summed E-state index contributed by atoms with van der Waals surface area (Å²) in [5.41, 5.74) is 2.00. The van der Waals surface area contributed by atoms with E-state index in [1.54, 1.807) is 37.6 Å². The Hall–Kier alpha value is -4.19. The molecule has 40 heavy (non-hydrogen) atoms. The lowest BCUT2D eigenvalue weighted by Gasteiger charge is -2.26. The van der Waals surface area contributed by atoms with Crippen LogP contribution in [0.1, 0.15) is 23.5 Å². The zero-order valence-corrected chi connectivity index (χ0v) is 23.1. The molecule has 0 unspecified atom stereocenters. The predicted molar refractivity (Wildman–Crippen MR) is 154 cm³/mol. The van der Waals surface area contributed by atoms with Crippen molar-refractivity contribution in [1.82, 2.24) is 10.3 Å². The molecule has 0 radical (unpaired) electrons. The molecule has 0 saturated carbocycles. The third kappa shape index (κ3) is 5.44. The van der Waals surface area contributed by atoms with Crippen LogP contribution >= 0.6 is 23.8 Å². The Kier molecular flexibility index (Phi) is 8.15. The van der Waals surface area contributed by atoms with Crippen molar-refractivity contribution in [3.8, 4) is 22.8 Å². The van der Waals surface area contributed by atoms with Crippen LogP contribution in [-0.2, 0) is 4.74 Å². The van der Waals surface area contributed by atoms with Crippen LogP contribution in [0.25, 0.3) is 11.3 Å². The summed E-state index contributed by atoms with van der Waals surface area (Å²) >= 11 is 12.4. The highest BCUT2D eigenvalue weighted by molar-refractivity contribution is 7.80. The SMILES string of the molecule is COCCOc1ccc(N2C(=S)N[C@@H](c3ccccn3)[C@@H]2c2ccc(-c3ccc([N+](=O)[O-])cc3OC)o2)cc1Cl. The third-order valence-electron chi connectivity index (χ3n) is 6.42. The number of nitro groups is 1. The monoisotopic (exact) mass is 580 g/mol. The molecule has 12 heteroatoms. The average Bonchev–Trinajstić information content (AvgIpc) is 3.58. The normalized spacial score (nSPS) is 16.6. The van der Waals surface area contributed by atoms with Crippen molar-refractivity contribution < 1.29 is 23.6 Å². The second-order valence-electron chi connectivity index (χ2n) is 8.80. The topological polar surface area (TPSA) is 112 Å². The first-order valence-corrected chi connectivity index (χ1v) is 13.0. The van der Waals surface area contributed by atoms with E-state index in [0.29, 0.717) is 51.9 Å². The van der Waals surface area contributed by atoms with Crippen molar-refractivity contribution >= 4 is 40.3 Å². The number of pyridine rings is 1. The molecule has 0 amide bonds. The van der Waals surface area contributed by atoms with Crippen LogP contribution < -0.4 is 19.7 Å². The van der Waals surface area contributed by atoms with E-state index in [1.807, 2.05) is 35.2 Å². The van der Waals surface area contributed by atoms with Gasteiger partial charge in [0.1, 0.15) is 35.7 Å². The van der Waals surface area contributed by atoms with E-state index in [-0.39, 0.29) is 11.7 Å². The molecule has 1 aliphatic rings. The van der Waals surface area contributed by atoms with Gasteiger partial charge >= 0.3 is 0 Å². The summed E-state index contributed by atoms with van der Waals surface area (Å²) in [6, 6.07) is 18.4. The van der Waals surface area contributed by atoms with Crippen LogP contribution in [0, 0.1) is 10.1 Å². The number of halogens is 1. The van der Waals surface area contributed by atoms with Gasteiger partial charge in [0.2, 0.25) is 0 Å². The first kappa shape index (κ1) is 27.4. The van der Waals surface area contributed by atoms with Gasteiger partial charge in [-0.25, -0.2) is 0 Å². The van der Waals surface area contributed by atoms with Gasteiger partial charge in [0.15, 0.2) is 5.11 Å². The number of methoxy groups -OCH3 is 2. The predicted octanol–water partition coefficient (Wildman–Crippen LogP) is 6.11. The van der Waals surface area contributed by atoms with Crippen LogP contribution in [0.3, 0.4) is 0 Å². The Morgan fingerprint density at radius 3 is 2.65 bits per heavy atom. The molecule has 2 aromatic carbocycles. The first-order chi connectivity index (χ1) is 19.4. The number of nitrogens with zero attached hydrogens (tertiary/aromatic N) is 3. The Labute approximate surface area is 240 Å². The Balaban J connectivity index is 1.55. The summed E-state index contributed by atoms with van der Waals surface area (Å²) in [7, 11) is 3.06. The number of hydrogen-bond acceptors (Lipinski definition) is 8. The van der Waals surface area contributed by atoms with Gasteiger partial charge in [-0.3, -0.25) is 15.1 Å². The average molecular weight is 581 g/mol. The van der Waals surface area contributed by atoms with E-state index in [2.05, 4.69) is 10.3 Å². The number of benzene rings is 2. The van der Waals surface area contributed by atoms with Crippen LogP contribution in [0.2, 0.25) is 5.02 Å². The molecule has 206 valence electrons. The maximum Gasteiger partial charge on any atom is 0.273 e. The number of anilines is 1. The minimum atomic E-state index is -0.473. The lowest BCUT2D eigenvalue weighted by atomic mass is 10.0. The van der Waals surface area contributed by atoms with E-state index in [0.717, 1.165) is 11.4 Å². The number of nitro benzene ring substituents is 1. The van der Waals surface area contributed by atoms with E-state index in [9.17, 15) is 10.1 Å². The van der Waals surface area contributed by atoms with E-state index in [1.165, 1.54) is 19.2 Å². The van der Waals surface area contributed by atoms with Crippen molar-refractivity contribution in [2.24, 2.45) is 0 Å². The van der Waals surface area contributed by atoms with Gasteiger partial charge in [0.25, 0.3) is 5.69 Å². The summed E-state index contributed by atoms with van der Waals surface area (Å²) in [4.78, 5) is 17.3. The Morgan fingerprint density at radius 2 is 1.95 bits per heavy atom. The number of ether oxygens (including phenoxy) is 3. The molecule has 4 aromatic rings. The first-order valence-electron chi connectivity index (χ1n) is 12.3. The largest absolute Gasteiger partial charge is 0.496 e. The fourth-order valence-electron chi connectivity index (χ4n) is 4.57. The molecule has 2 aromatic heterocycles. The highest BCUT2D eigenvalue weighted by atomic mass is 35.5. The molecule has 10 nitrogen and oxygen atoms in total. The zero-order valence-electron chi connectivity index (χ0n) is 21.6. The summed E-state index contributed by atoms with van der Waals surface area (Å²) in [5, 5.41) is 15.5. The Morgan fingerprint density at radius 1 is 1.10 bits per heavy atom. The molecule has 1 aliphatic heterocycles. The smallest absolute Gasteiger partial charge is 0.273 e. The van der Waals surface area contributed by atoms with Crippen molar-refractivity contribution in [1.29, 1.82) is 0 Å². The van der Waals surface area contributed by atoms with Gasteiger partial charge in [-0.1, -0.05) is 17.7 Å². The maximum atomic E-state index is 11.3. The molecule has 5 rings (SSSR count). The second kappa shape index (κ2) is 11.9. The van der Waals surface area contributed by atoms with Crippen molar-refractivity contribution in [3.05, 3.63) is 99.5 Å². The van der Waals surface area contributed by atoms with Gasteiger partial charge in [-0.15, -0.1) is 0 Å². The zero-order chi connectivity index (χ0) is 28.2. The molecule has 2 atom stereocenters. The van der Waals surface area contributed by atoms with Gasteiger partial charge in [-0.05, 0) is 60.7 Å². The maximum absolute atomic E-state index is 11.3. The van der Waals surface area contributed by atoms with Crippen LogP contribution in [0.4, 0.5) is 11.4 Å². The summed E-state index contributed by atoms with van der Waals surface area (Å²) in [6.45, 7) is 0.803. The highest BCUT2D eigenvalue weighted by Gasteiger charge is 2.43. The molecular formula is C28H25ClN4O6S. The number of hydrogen-bond donors (Lipinski definition) is 1. The number of furan rings is 1. The molecule has 0 spiro atoms. The molecule has 3 heterocycles. The van der Waals surface area contributed by atoms with Gasteiger partial charge in [0, 0.05) is 25.1 Å². The number of thiocarbonyl (C=S) groups is 1. The van der Waals surface area contributed by atoms with Crippen LogP contribution in [0.15, 0.2) is 77.3 Å². The van der Waals surface area contributed by atoms with Crippen molar-refractivity contribution in [3.63, 3.8) is 0 Å². The van der Waals surface area contributed by atoms with Gasteiger partial charge in [0.05, 0.1) is 47.0 Å². The minimum Gasteiger partial charge on any atom is -0.496 e. The molecule has 0 aliphatic carbocycles. The molecular weight excluding hydrogens is 556 g/mol. The fourth-order valence-corrected chi connectivity index (χ4v) is 5.14. The van der Waals surface area contributed by atoms with Crippen LogP contribution in [-0.4, -0.2) is 42.5 Å². The van der Waals surface area contributed by atoms with Crippen molar-refractivity contribution in [2.45, 2.75) is 12.1 Å².